The number of aliphatic hydroxyl groups excluding tert-OH is 1. The van der Waals surface area contributed by atoms with Crippen LogP contribution in [0.2, 0.25) is 0 Å². The zero-order valence-corrected chi connectivity index (χ0v) is 20.5. The molecule has 3 aliphatic rings. The number of aliphatic hydroxyl groups is 1. The molecule has 186 valence electrons. The summed E-state index contributed by atoms with van der Waals surface area (Å²) in [5.41, 5.74) is 3.60. The van der Waals surface area contributed by atoms with E-state index in [2.05, 4.69) is 63.2 Å². The van der Waals surface area contributed by atoms with E-state index in [1.165, 1.54) is 11.1 Å². The largest absolute Gasteiger partial charge is 0.395 e. The molecule has 35 heavy (non-hydrogen) atoms. The fourth-order valence-corrected chi connectivity index (χ4v) is 5.80. The molecule has 0 aromatic heterocycles. The second-order valence-corrected chi connectivity index (χ2v) is 9.93. The topological polar surface area (TPSA) is 56.2 Å². The van der Waals surface area contributed by atoms with Gasteiger partial charge < -0.3 is 14.7 Å². The van der Waals surface area contributed by atoms with Crippen molar-refractivity contribution >= 4 is 18.1 Å². The maximum absolute atomic E-state index is 13.2. The Hall–Kier alpha value is -2.51. The average Bonchev–Trinajstić information content (AvgIpc) is 2.88. The number of hydrogen-bond donors (Lipinski definition) is 1. The number of amides is 1. The molecule has 0 spiro atoms. The van der Waals surface area contributed by atoms with Crippen molar-refractivity contribution < 1.29 is 14.6 Å². The lowest BCUT2D eigenvalue weighted by molar-refractivity contribution is -0.138. The van der Waals surface area contributed by atoms with E-state index in [1.807, 2.05) is 18.2 Å². The maximum atomic E-state index is 13.2. The Morgan fingerprint density at radius 2 is 1.60 bits per heavy atom. The van der Waals surface area contributed by atoms with Gasteiger partial charge in [0.25, 0.3) is 0 Å². The third-order valence-electron chi connectivity index (χ3n) is 7.77. The van der Waals surface area contributed by atoms with E-state index in [0.29, 0.717) is 19.8 Å². The van der Waals surface area contributed by atoms with E-state index in [4.69, 9.17) is 4.74 Å². The minimum Gasteiger partial charge on any atom is -0.395 e. The monoisotopic (exact) mass is 475 g/mol. The molecule has 0 aliphatic carbocycles. The smallest absolute Gasteiger partial charge is 0.236 e. The number of carbonyl (C=O) groups is 1. The number of rotatable bonds is 6. The quantitative estimate of drug-likeness (QED) is 0.651. The fraction of sp³-hybridized carbons (Fsp3) is 0.483. The summed E-state index contributed by atoms with van der Waals surface area (Å²) in [6, 6.07) is 19.4. The molecule has 2 aromatic rings. The molecule has 3 heterocycles. The van der Waals surface area contributed by atoms with Gasteiger partial charge in [0.1, 0.15) is 0 Å². The third-order valence-corrected chi connectivity index (χ3v) is 7.77. The normalized spacial score (nSPS) is 26.1. The van der Waals surface area contributed by atoms with E-state index in [0.717, 1.165) is 51.1 Å². The van der Waals surface area contributed by atoms with Gasteiger partial charge in [-0.25, -0.2) is 0 Å². The van der Waals surface area contributed by atoms with Crippen molar-refractivity contribution in [2.45, 2.75) is 30.8 Å². The molecule has 3 aliphatic heterocycles. The van der Waals surface area contributed by atoms with Crippen LogP contribution in [-0.4, -0.2) is 96.9 Å². The van der Waals surface area contributed by atoms with Gasteiger partial charge in [0.05, 0.1) is 26.4 Å². The van der Waals surface area contributed by atoms with Crippen molar-refractivity contribution in [1.29, 1.82) is 0 Å². The predicted molar refractivity (Wildman–Crippen MR) is 139 cm³/mol. The Bertz CT molecular complexity index is 988. The minimum absolute atomic E-state index is 0.125. The Morgan fingerprint density at radius 3 is 2.31 bits per heavy atom. The first kappa shape index (κ1) is 24.2. The van der Waals surface area contributed by atoms with Crippen LogP contribution in [0.15, 0.2) is 54.6 Å². The lowest BCUT2D eigenvalue weighted by atomic mass is 9.74. The van der Waals surface area contributed by atoms with Crippen LogP contribution in [0, 0.1) is 0 Å². The molecule has 0 radical (unpaired) electrons. The Balaban J connectivity index is 1.28. The highest BCUT2D eigenvalue weighted by Gasteiger charge is 2.49. The van der Waals surface area contributed by atoms with Crippen LogP contribution in [0.25, 0.3) is 12.2 Å². The van der Waals surface area contributed by atoms with Crippen molar-refractivity contribution in [3.8, 4) is 0 Å². The van der Waals surface area contributed by atoms with Crippen LogP contribution in [0.5, 0.6) is 0 Å². The molecule has 1 amide bonds. The number of ether oxygens (including phenoxy) is 1. The first-order valence-corrected chi connectivity index (χ1v) is 13.0. The van der Waals surface area contributed by atoms with Crippen LogP contribution >= 0.6 is 0 Å². The maximum Gasteiger partial charge on any atom is 0.236 e. The second kappa shape index (κ2) is 11.5. The zero-order chi connectivity index (χ0) is 24.0. The van der Waals surface area contributed by atoms with E-state index in [1.54, 1.807) is 0 Å². The first-order chi connectivity index (χ1) is 17.2. The standard InChI is InChI=1S/C29H37N3O3/c33-22-27-29(25-12-10-24(11-13-25)9-8-23-6-2-1-3-7-23)26-20-31(14-4-5-15-32(26)27)28(34)21-30-16-18-35-19-17-30/h1-3,6-13,26-27,29,33H,4-5,14-22H2/b9-8+/t26-,27+,29-/m0/s1. The van der Waals surface area contributed by atoms with Crippen molar-refractivity contribution in [1.82, 2.24) is 14.7 Å². The van der Waals surface area contributed by atoms with Gasteiger partial charge in [-0.05, 0) is 36.1 Å². The van der Waals surface area contributed by atoms with E-state index in [-0.39, 0.29) is 30.5 Å². The van der Waals surface area contributed by atoms with Gasteiger partial charge in [0.2, 0.25) is 5.91 Å². The Morgan fingerprint density at radius 1 is 0.914 bits per heavy atom. The van der Waals surface area contributed by atoms with Crippen LogP contribution in [0.1, 0.15) is 35.4 Å². The summed E-state index contributed by atoms with van der Waals surface area (Å²) in [6.07, 6.45) is 6.34. The molecule has 0 bridgehead atoms. The number of nitrogens with zero attached hydrogens (tertiary/aromatic N) is 3. The van der Waals surface area contributed by atoms with Gasteiger partial charge in [0.15, 0.2) is 0 Å². The van der Waals surface area contributed by atoms with Gasteiger partial charge >= 0.3 is 0 Å². The summed E-state index contributed by atoms with van der Waals surface area (Å²) in [5, 5.41) is 10.2. The molecule has 2 aromatic carbocycles. The van der Waals surface area contributed by atoms with Gasteiger partial charge in [-0.3, -0.25) is 14.6 Å². The molecular weight excluding hydrogens is 438 g/mol. The molecule has 1 N–H and O–H groups in total. The van der Waals surface area contributed by atoms with Gasteiger partial charge in [-0.15, -0.1) is 0 Å². The van der Waals surface area contributed by atoms with Crippen LogP contribution in [-0.2, 0) is 9.53 Å². The Kier molecular flexibility index (Phi) is 7.94. The highest BCUT2D eigenvalue weighted by molar-refractivity contribution is 5.78. The van der Waals surface area contributed by atoms with E-state index < -0.39 is 0 Å². The number of morpholine rings is 1. The van der Waals surface area contributed by atoms with Crippen molar-refractivity contribution in [2.75, 3.05) is 59.1 Å². The Labute approximate surface area is 208 Å². The molecule has 5 rings (SSSR count). The molecule has 0 saturated carbocycles. The number of fused-ring (bicyclic) bond motifs is 1. The van der Waals surface area contributed by atoms with Crippen LogP contribution in [0.4, 0.5) is 0 Å². The number of benzene rings is 2. The minimum atomic E-state index is 0.125. The van der Waals surface area contributed by atoms with Crippen LogP contribution in [0.3, 0.4) is 0 Å². The molecule has 3 saturated heterocycles. The number of carbonyl (C=O) groups excluding carboxylic acids is 1. The summed E-state index contributed by atoms with van der Waals surface area (Å²) < 4.78 is 5.44. The van der Waals surface area contributed by atoms with Crippen molar-refractivity contribution in [3.05, 3.63) is 71.3 Å². The van der Waals surface area contributed by atoms with E-state index in [9.17, 15) is 9.90 Å². The van der Waals surface area contributed by atoms with E-state index >= 15 is 0 Å². The third kappa shape index (κ3) is 5.67. The van der Waals surface area contributed by atoms with Gasteiger partial charge in [-0.1, -0.05) is 66.7 Å². The molecule has 6 nitrogen and oxygen atoms in total. The SMILES string of the molecule is O=C(CN1CCOCC1)N1CCCCN2[C@H](CO)[C@@H](c3ccc(/C=C/c4ccccc4)cc3)[C@@H]2C1. The molecule has 0 unspecified atom stereocenters. The summed E-state index contributed by atoms with van der Waals surface area (Å²) in [7, 11) is 0. The summed E-state index contributed by atoms with van der Waals surface area (Å²) in [6.45, 7) is 6.26. The molecule has 3 atom stereocenters. The summed E-state index contributed by atoms with van der Waals surface area (Å²) in [5.74, 6) is 0.463. The average molecular weight is 476 g/mol. The lowest BCUT2D eigenvalue weighted by Gasteiger charge is -2.57. The zero-order valence-electron chi connectivity index (χ0n) is 20.5. The second-order valence-electron chi connectivity index (χ2n) is 9.93. The van der Waals surface area contributed by atoms with Crippen molar-refractivity contribution in [2.24, 2.45) is 0 Å². The predicted octanol–water partition coefficient (Wildman–Crippen LogP) is 2.94. The summed E-state index contributed by atoms with van der Waals surface area (Å²) in [4.78, 5) is 19.9. The summed E-state index contributed by atoms with van der Waals surface area (Å²) >= 11 is 0. The highest BCUT2D eigenvalue weighted by Crippen LogP contribution is 2.42. The van der Waals surface area contributed by atoms with Gasteiger partial charge in [0, 0.05) is 44.2 Å². The molecule has 6 heteroatoms. The fourth-order valence-electron chi connectivity index (χ4n) is 5.80. The molecule has 3 fully saturated rings. The van der Waals surface area contributed by atoms with Crippen LogP contribution < -0.4 is 0 Å². The molecular formula is C29H37N3O3. The first-order valence-electron chi connectivity index (χ1n) is 13.0. The highest BCUT2D eigenvalue weighted by atomic mass is 16.5. The van der Waals surface area contributed by atoms with Gasteiger partial charge in [-0.2, -0.15) is 0 Å². The number of hydrogen-bond acceptors (Lipinski definition) is 5. The van der Waals surface area contributed by atoms with Crippen molar-refractivity contribution in [3.63, 3.8) is 0 Å². The lowest BCUT2D eigenvalue weighted by Crippen LogP contribution is -2.68.